The Balaban J connectivity index is 1.50. The van der Waals surface area contributed by atoms with Crippen molar-refractivity contribution in [2.45, 2.75) is 13.2 Å². The molecule has 0 aliphatic carbocycles. The van der Waals surface area contributed by atoms with Crippen molar-refractivity contribution in [1.82, 2.24) is 4.57 Å². The van der Waals surface area contributed by atoms with Gasteiger partial charge in [0.05, 0.1) is 6.54 Å². The fraction of sp³-hybridized carbons (Fsp3) is 0.0870. The lowest BCUT2D eigenvalue weighted by Gasteiger charge is -2.10. The molecule has 1 aromatic heterocycles. The lowest BCUT2D eigenvalue weighted by atomic mass is 10.1. The first-order valence-corrected chi connectivity index (χ1v) is 8.63. The average molecular weight is 341 g/mol. The lowest BCUT2D eigenvalue weighted by molar-refractivity contribution is 0.306. The van der Waals surface area contributed by atoms with Gasteiger partial charge >= 0.3 is 0 Å². The maximum absolute atomic E-state index is 12.4. The van der Waals surface area contributed by atoms with Gasteiger partial charge in [-0.15, -0.1) is 0 Å². The van der Waals surface area contributed by atoms with Gasteiger partial charge in [-0.2, -0.15) is 0 Å². The van der Waals surface area contributed by atoms with Crippen LogP contribution in [-0.4, -0.2) is 4.57 Å². The van der Waals surface area contributed by atoms with Gasteiger partial charge in [-0.05, 0) is 28.0 Å². The predicted octanol–water partition coefficient (Wildman–Crippen LogP) is 4.63. The third kappa shape index (κ3) is 3.52. The number of ether oxygens (including phenoxy) is 1. The fourth-order valence-corrected chi connectivity index (χ4v) is 3.07. The molecule has 0 aliphatic rings. The van der Waals surface area contributed by atoms with E-state index < -0.39 is 0 Å². The van der Waals surface area contributed by atoms with Crippen molar-refractivity contribution in [3.8, 4) is 5.75 Å². The molecule has 4 rings (SSSR count). The first kappa shape index (κ1) is 16.2. The van der Waals surface area contributed by atoms with Crippen LogP contribution in [0.1, 0.15) is 11.1 Å². The minimum atomic E-state index is -0.0655. The van der Waals surface area contributed by atoms with Gasteiger partial charge in [0.1, 0.15) is 12.4 Å². The number of hydrogen-bond donors (Lipinski definition) is 0. The maximum Gasteiger partial charge on any atom is 0.254 e. The summed E-state index contributed by atoms with van der Waals surface area (Å²) in [6, 6.07) is 27.7. The molecule has 26 heavy (non-hydrogen) atoms. The average Bonchev–Trinajstić information content (AvgIpc) is 2.69. The molecule has 0 fully saturated rings. The van der Waals surface area contributed by atoms with Crippen molar-refractivity contribution >= 4 is 10.8 Å². The van der Waals surface area contributed by atoms with E-state index in [1.54, 1.807) is 16.8 Å². The summed E-state index contributed by atoms with van der Waals surface area (Å²) in [7, 11) is 0. The second-order valence-electron chi connectivity index (χ2n) is 6.24. The van der Waals surface area contributed by atoms with Gasteiger partial charge in [0.15, 0.2) is 0 Å². The van der Waals surface area contributed by atoms with Crippen molar-refractivity contribution in [3.05, 3.63) is 113 Å². The molecule has 3 heteroatoms. The zero-order chi connectivity index (χ0) is 17.8. The Labute approximate surface area is 152 Å². The summed E-state index contributed by atoms with van der Waals surface area (Å²) in [4.78, 5) is 12.4. The molecule has 4 aromatic rings. The molecule has 0 saturated heterocycles. The Kier molecular flexibility index (Phi) is 4.52. The monoisotopic (exact) mass is 341 g/mol. The highest BCUT2D eigenvalue weighted by Crippen LogP contribution is 2.20. The summed E-state index contributed by atoms with van der Waals surface area (Å²) in [5, 5.41) is 2.36. The van der Waals surface area contributed by atoms with Crippen LogP contribution in [0.3, 0.4) is 0 Å². The van der Waals surface area contributed by atoms with E-state index >= 15 is 0 Å². The van der Waals surface area contributed by atoms with Crippen molar-refractivity contribution in [2.24, 2.45) is 0 Å². The van der Waals surface area contributed by atoms with Gasteiger partial charge in [-0.3, -0.25) is 4.79 Å². The molecule has 0 N–H and O–H groups in total. The van der Waals surface area contributed by atoms with Crippen LogP contribution < -0.4 is 10.3 Å². The maximum atomic E-state index is 12.4. The van der Waals surface area contributed by atoms with Crippen LogP contribution in [0.5, 0.6) is 5.75 Å². The highest BCUT2D eigenvalue weighted by atomic mass is 16.5. The smallest absolute Gasteiger partial charge is 0.254 e. The van der Waals surface area contributed by atoms with E-state index in [1.807, 2.05) is 54.6 Å². The van der Waals surface area contributed by atoms with Crippen molar-refractivity contribution in [1.29, 1.82) is 0 Å². The first-order chi connectivity index (χ1) is 12.8. The van der Waals surface area contributed by atoms with E-state index in [0.29, 0.717) is 18.9 Å². The van der Waals surface area contributed by atoms with Gasteiger partial charge < -0.3 is 9.30 Å². The minimum absolute atomic E-state index is 0.0655. The zero-order valence-electron chi connectivity index (χ0n) is 14.3. The van der Waals surface area contributed by atoms with E-state index in [9.17, 15) is 4.79 Å². The Morgan fingerprint density at radius 3 is 2.42 bits per heavy atom. The molecular formula is C23H19NO2. The molecule has 1 heterocycles. The SMILES string of the molecule is O=c1cc(OCc2cccc3ccccc23)ccn1Cc1ccccc1. The highest BCUT2D eigenvalue weighted by Gasteiger charge is 2.04. The topological polar surface area (TPSA) is 31.2 Å². The van der Waals surface area contributed by atoms with Gasteiger partial charge in [-0.25, -0.2) is 0 Å². The molecule has 0 spiro atoms. The quantitative estimate of drug-likeness (QED) is 0.530. The van der Waals surface area contributed by atoms with E-state index in [1.165, 1.54) is 10.8 Å². The normalized spacial score (nSPS) is 10.8. The largest absolute Gasteiger partial charge is 0.489 e. The van der Waals surface area contributed by atoms with E-state index in [4.69, 9.17) is 4.74 Å². The van der Waals surface area contributed by atoms with Gasteiger partial charge in [-0.1, -0.05) is 72.8 Å². The molecule has 0 radical (unpaired) electrons. The molecular weight excluding hydrogens is 322 g/mol. The molecule has 0 aliphatic heterocycles. The summed E-state index contributed by atoms with van der Waals surface area (Å²) in [6.07, 6.45) is 1.79. The number of benzene rings is 3. The van der Waals surface area contributed by atoms with E-state index in [-0.39, 0.29) is 5.56 Å². The van der Waals surface area contributed by atoms with Crippen LogP contribution in [0.15, 0.2) is 95.9 Å². The van der Waals surface area contributed by atoms with Crippen LogP contribution in [0.4, 0.5) is 0 Å². The molecule has 128 valence electrons. The van der Waals surface area contributed by atoms with Crippen molar-refractivity contribution in [3.63, 3.8) is 0 Å². The summed E-state index contributed by atoms with van der Waals surface area (Å²) < 4.78 is 7.55. The number of rotatable bonds is 5. The second-order valence-corrected chi connectivity index (χ2v) is 6.24. The fourth-order valence-electron chi connectivity index (χ4n) is 3.07. The van der Waals surface area contributed by atoms with Crippen LogP contribution in [-0.2, 0) is 13.2 Å². The van der Waals surface area contributed by atoms with Crippen molar-refractivity contribution < 1.29 is 4.74 Å². The van der Waals surface area contributed by atoms with Gasteiger partial charge in [0, 0.05) is 12.3 Å². The summed E-state index contributed by atoms with van der Waals surface area (Å²) >= 11 is 0. The summed E-state index contributed by atoms with van der Waals surface area (Å²) in [5.74, 6) is 0.590. The standard InChI is InChI=1S/C23H19NO2/c25-23-15-21(13-14-24(23)16-18-7-2-1-3-8-18)26-17-20-11-6-10-19-9-4-5-12-22(19)20/h1-15H,16-17H2. The number of fused-ring (bicyclic) bond motifs is 1. The Morgan fingerprint density at radius 1 is 0.808 bits per heavy atom. The number of pyridine rings is 1. The number of hydrogen-bond acceptors (Lipinski definition) is 2. The molecule has 3 nitrogen and oxygen atoms in total. The third-order valence-electron chi connectivity index (χ3n) is 4.44. The first-order valence-electron chi connectivity index (χ1n) is 8.63. The van der Waals surface area contributed by atoms with Crippen LogP contribution in [0.25, 0.3) is 10.8 Å². The molecule has 0 unspecified atom stereocenters. The minimum Gasteiger partial charge on any atom is -0.489 e. The molecule has 0 saturated carbocycles. The Bertz CT molecular complexity index is 1080. The van der Waals surface area contributed by atoms with Gasteiger partial charge in [0.2, 0.25) is 0 Å². The Hall–Kier alpha value is -3.33. The second kappa shape index (κ2) is 7.28. The molecule has 0 atom stereocenters. The van der Waals surface area contributed by atoms with Crippen LogP contribution in [0, 0.1) is 0 Å². The summed E-state index contributed by atoms with van der Waals surface area (Å²) in [5.41, 5.74) is 2.14. The van der Waals surface area contributed by atoms with E-state index in [2.05, 4.69) is 24.3 Å². The number of aromatic nitrogens is 1. The van der Waals surface area contributed by atoms with E-state index in [0.717, 1.165) is 11.1 Å². The van der Waals surface area contributed by atoms with Crippen LogP contribution in [0.2, 0.25) is 0 Å². The van der Waals surface area contributed by atoms with Crippen LogP contribution >= 0.6 is 0 Å². The lowest BCUT2D eigenvalue weighted by Crippen LogP contribution is -2.19. The van der Waals surface area contributed by atoms with Crippen molar-refractivity contribution in [2.75, 3.05) is 0 Å². The third-order valence-corrected chi connectivity index (χ3v) is 4.44. The molecule has 0 amide bonds. The zero-order valence-corrected chi connectivity index (χ0v) is 14.3. The van der Waals surface area contributed by atoms with Gasteiger partial charge in [0.25, 0.3) is 5.56 Å². The molecule has 3 aromatic carbocycles. The predicted molar refractivity (Wildman–Crippen MR) is 105 cm³/mol. The summed E-state index contributed by atoms with van der Waals surface area (Å²) in [6.45, 7) is 0.993. The number of nitrogens with zero attached hydrogens (tertiary/aromatic N) is 1. The highest BCUT2D eigenvalue weighted by molar-refractivity contribution is 5.85. The molecule has 0 bridgehead atoms. The Morgan fingerprint density at radius 2 is 1.58 bits per heavy atom.